The minimum atomic E-state index is -3.27. The maximum atomic E-state index is 12.7. The van der Waals surface area contributed by atoms with Crippen molar-refractivity contribution in [2.45, 2.75) is 6.42 Å². The molecule has 1 saturated heterocycles. The molecule has 4 rings (SSSR count). The highest BCUT2D eigenvalue weighted by Gasteiger charge is 2.28. The van der Waals surface area contributed by atoms with Crippen LogP contribution in [0.1, 0.15) is 22.3 Å². The third-order valence-electron chi connectivity index (χ3n) is 4.91. The van der Waals surface area contributed by atoms with Gasteiger partial charge in [0.15, 0.2) is 0 Å². The number of amides is 1. The lowest BCUT2D eigenvalue weighted by Crippen LogP contribution is -2.25. The molecule has 0 spiro atoms. The van der Waals surface area contributed by atoms with Gasteiger partial charge in [0.2, 0.25) is 10.0 Å². The summed E-state index contributed by atoms with van der Waals surface area (Å²) in [5.41, 5.74) is 3.02. The van der Waals surface area contributed by atoms with Crippen molar-refractivity contribution in [3.8, 4) is 17.3 Å². The molecule has 31 heavy (non-hydrogen) atoms. The third kappa shape index (κ3) is 4.38. The molecule has 1 aliphatic rings. The number of nitrogens with zero attached hydrogens (tertiary/aromatic N) is 3. The average Bonchev–Trinajstić information content (AvgIpc) is 3.14. The van der Waals surface area contributed by atoms with Crippen LogP contribution in [0.15, 0.2) is 60.8 Å². The maximum Gasteiger partial charge on any atom is 0.255 e. The lowest BCUT2D eigenvalue weighted by Gasteiger charge is -2.17. The van der Waals surface area contributed by atoms with Gasteiger partial charge in [-0.05, 0) is 61.0 Å². The van der Waals surface area contributed by atoms with Crippen LogP contribution in [-0.2, 0) is 10.0 Å². The molecule has 2 heterocycles. The molecular formula is C22H17ClN4O3S. The fourth-order valence-electron chi connectivity index (χ4n) is 3.36. The van der Waals surface area contributed by atoms with E-state index in [2.05, 4.69) is 16.4 Å². The summed E-state index contributed by atoms with van der Waals surface area (Å²) in [6.45, 7) is 0.447. The summed E-state index contributed by atoms with van der Waals surface area (Å²) in [6.07, 6.45) is 2.12. The molecule has 0 bridgehead atoms. The van der Waals surface area contributed by atoms with Crippen molar-refractivity contribution in [2.24, 2.45) is 0 Å². The van der Waals surface area contributed by atoms with Gasteiger partial charge < -0.3 is 5.32 Å². The molecule has 0 radical (unpaired) electrons. The van der Waals surface area contributed by atoms with E-state index in [0.717, 1.165) is 0 Å². The Kier molecular flexibility index (Phi) is 5.63. The molecule has 1 aromatic heterocycles. The van der Waals surface area contributed by atoms with Crippen LogP contribution in [0.5, 0.6) is 0 Å². The number of aromatic nitrogens is 1. The number of nitriles is 1. The quantitative estimate of drug-likeness (QED) is 0.642. The molecule has 3 aromatic rings. The number of pyridine rings is 1. The highest BCUT2D eigenvalue weighted by atomic mass is 35.5. The van der Waals surface area contributed by atoms with Gasteiger partial charge in [-0.3, -0.25) is 14.1 Å². The molecule has 0 saturated carbocycles. The van der Waals surface area contributed by atoms with Crippen molar-refractivity contribution in [2.75, 3.05) is 21.9 Å². The van der Waals surface area contributed by atoms with Crippen LogP contribution in [0.4, 0.5) is 11.4 Å². The molecule has 1 N–H and O–H groups in total. The van der Waals surface area contributed by atoms with E-state index >= 15 is 0 Å². The van der Waals surface area contributed by atoms with E-state index < -0.39 is 10.0 Å². The predicted molar refractivity (Wildman–Crippen MR) is 120 cm³/mol. The molecule has 2 aromatic carbocycles. The Balaban J connectivity index is 1.54. The highest BCUT2D eigenvalue weighted by molar-refractivity contribution is 7.93. The molecule has 7 nitrogen and oxygen atoms in total. The second kappa shape index (κ2) is 8.38. The van der Waals surface area contributed by atoms with E-state index in [0.29, 0.717) is 51.7 Å². The molecule has 1 amide bonds. The molecule has 156 valence electrons. The monoisotopic (exact) mass is 452 g/mol. The molecule has 9 heteroatoms. The number of sulfonamides is 1. The third-order valence-corrected chi connectivity index (χ3v) is 7.11. The number of carbonyl (C=O) groups excluding carboxylic acids is 1. The largest absolute Gasteiger partial charge is 0.322 e. The van der Waals surface area contributed by atoms with Crippen LogP contribution in [0.25, 0.3) is 11.3 Å². The zero-order chi connectivity index (χ0) is 22.0. The number of anilines is 2. The Labute approximate surface area is 185 Å². The first-order valence-electron chi connectivity index (χ1n) is 9.45. The summed E-state index contributed by atoms with van der Waals surface area (Å²) < 4.78 is 25.5. The molecule has 1 fully saturated rings. The van der Waals surface area contributed by atoms with E-state index in [1.807, 2.05) is 0 Å². The van der Waals surface area contributed by atoms with Gasteiger partial charge in [0.25, 0.3) is 5.91 Å². The van der Waals surface area contributed by atoms with Gasteiger partial charge in [-0.1, -0.05) is 11.6 Å². The van der Waals surface area contributed by atoms with Gasteiger partial charge in [-0.2, -0.15) is 5.26 Å². The van der Waals surface area contributed by atoms with Gasteiger partial charge in [0, 0.05) is 29.6 Å². The van der Waals surface area contributed by atoms with Crippen LogP contribution in [0.2, 0.25) is 5.02 Å². The summed E-state index contributed by atoms with van der Waals surface area (Å²) in [4.78, 5) is 16.9. The number of halogens is 1. The predicted octanol–water partition coefficient (Wildman–Crippen LogP) is 4.07. The zero-order valence-electron chi connectivity index (χ0n) is 16.2. The first-order valence-corrected chi connectivity index (χ1v) is 11.4. The Morgan fingerprint density at radius 2 is 1.90 bits per heavy atom. The van der Waals surface area contributed by atoms with E-state index in [1.54, 1.807) is 54.6 Å². The number of hydrogen-bond donors (Lipinski definition) is 1. The highest BCUT2D eigenvalue weighted by Crippen LogP contribution is 2.30. The van der Waals surface area contributed by atoms with E-state index in [1.165, 1.54) is 10.5 Å². The average molecular weight is 453 g/mol. The molecule has 0 unspecified atom stereocenters. The standard InChI is InChI=1S/C22H17ClN4O3S/c23-20-7-4-17(13-19(20)21-12-15(14-24)8-9-25-21)26-22(28)16-2-5-18(6-3-16)27-10-1-11-31(27,29)30/h2-9,12-13H,1,10-11H2,(H,26,28). The first kappa shape index (κ1) is 20.8. The summed E-state index contributed by atoms with van der Waals surface area (Å²) in [5, 5.41) is 12.3. The van der Waals surface area contributed by atoms with Crippen molar-refractivity contribution in [1.82, 2.24) is 4.98 Å². The second-order valence-corrected chi connectivity index (χ2v) is 9.40. The van der Waals surface area contributed by atoms with Gasteiger partial charge in [-0.25, -0.2) is 8.42 Å². The minimum Gasteiger partial charge on any atom is -0.322 e. The van der Waals surface area contributed by atoms with Gasteiger partial charge in [0.1, 0.15) is 0 Å². The van der Waals surface area contributed by atoms with Crippen LogP contribution >= 0.6 is 11.6 Å². The molecule has 1 aliphatic heterocycles. The number of carbonyl (C=O) groups is 1. The topological polar surface area (TPSA) is 103 Å². The van der Waals surface area contributed by atoms with Crippen molar-refractivity contribution in [1.29, 1.82) is 5.26 Å². The number of hydrogen-bond acceptors (Lipinski definition) is 5. The first-order chi connectivity index (χ1) is 14.9. The molecule has 0 atom stereocenters. The smallest absolute Gasteiger partial charge is 0.255 e. The Morgan fingerprint density at radius 1 is 1.13 bits per heavy atom. The number of nitrogens with one attached hydrogen (secondary N) is 1. The summed E-state index contributed by atoms with van der Waals surface area (Å²) >= 11 is 6.29. The van der Waals surface area contributed by atoms with Crippen LogP contribution in [0, 0.1) is 11.3 Å². The van der Waals surface area contributed by atoms with Gasteiger partial charge >= 0.3 is 0 Å². The van der Waals surface area contributed by atoms with Crippen molar-refractivity contribution < 1.29 is 13.2 Å². The Morgan fingerprint density at radius 3 is 2.58 bits per heavy atom. The van der Waals surface area contributed by atoms with Crippen molar-refractivity contribution in [3.05, 3.63) is 76.9 Å². The van der Waals surface area contributed by atoms with Gasteiger partial charge in [0.05, 0.1) is 33.8 Å². The van der Waals surface area contributed by atoms with E-state index in [9.17, 15) is 13.2 Å². The minimum absolute atomic E-state index is 0.139. The number of benzene rings is 2. The number of rotatable bonds is 4. The van der Waals surface area contributed by atoms with Gasteiger partial charge in [-0.15, -0.1) is 0 Å². The second-order valence-electron chi connectivity index (χ2n) is 6.98. The fourth-order valence-corrected chi connectivity index (χ4v) is 5.14. The molecule has 0 aliphatic carbocycles. The lowest BCUT2D eigenvalue weighted by atomic mass is 10.1. The van der Waals surface area contributed by atoms with Crippen LogP contribution in [0.3, 0.4) is 0 Å². The van der Waals surface area contributed by atoms with E-state index in [4.69, 9.17) is 16.9 Å². The summed E-state index contributed by atoms with van der Waals surface area (Å²) in [7, 11) is -3.27. The Hall–Kier alpha value is -3.41. The summed E-state index contributed by atoms with van der Waals surface area (Å²) in [5.74, 6) is -0.205. The van der Waals surface area contributed by atoms with Crippen LogP contribution in [-0.4, -0.2) is 31.6 Å². The zero-order valence-corrected chi connectivity index (χ0v) is 17.8. The lowest BCUT2D eigenvalue weighted by molar-refractivity contribution is 0.102. The molecular weight excluding hydrogens is 436 g/mol. The maximum absolute atomic E-state index is 12.7. The van der Waals surface area contributed by atoms with Crippen LogP contribution < -0.4 is 9.62 Å². The van der Waals surface area contributed by atoms with Crippen molar-refractivity contribution in [3.63, 3.8) is 0 Å². The summed E-state index contributed by atoms with van der Waals surface area (Å²) in [6, 6.07) is 16.7. The van der Waals surface area contributed by atoms with Crippen molar-refractivity contribution >= 4 is 38.9 Å². The SMILES string of the molecule is N#Cc1ccnc(-c2cc(NC(=O)c3ccc(N4CCCS4(=O)=O)cc3)ccc2Cl)c1. The Bertz CT molecular complexity index is 1300. The fraction of sp³-hybridized carbons (Fsp3) is 0.136. The van der Waals surface area contributed by atoms with E-state index in [-0.39, 0.29) is 11.7 Å². The normalized spacial score (nSPS) is 14.8.